The van der Waals surface area contributed by atoms with Crippen molar-refractivity contribution in [2.75, 3.05) is 6.54 Å². The molecule has 1 nitrogen and oxygen atoms in total. The molecule has 2 atom stereocenters. The van der Waals surface area contributed by atoms with Crippen LogP contribution < -0.4 is 5.32 Å². The first-order chi connectivity index (χ1) is 6.38. The second kappa shape index (κ2) is 5.92. The molecule has 0 radical (unpaired) electrons. The molecule has 2 aliphatic rings. The lowest BCUT2D eigenvalue weighted by Gasteiger charge is -2.23. The fraction of sp³-hybridized carbons (Fsp3) is 1.00. The van der Waals surface area contributed by atoms with E-state index in [0.29, 0.717) is 5.92 Å². The molecule has 2 rings (SSSR count). The third-order valence-electron chi connectivity index (χ3n) is 3.60. The molecule has 0 aromatic carbocycles. The first-order valence-corrected chi connectivity index (χ1v) is 5.75. The van der Waals surface area contributed by atoms with Crippen molar-refractivity contribution in [3.05, 3.63) is 0 Å². The highest BCUT2D eigenvalue weighted by molar-refractivity contribution is 5.85. The summed E-state index contributed by atoms with van der Waals surface area (Å²) in [6.45, 7) is 0.891. The Labute approximate surface area is 92.2 Å². The number of halogens is 2. The van der Waals surface area contributed by atoms with Crippen LogP contribution in [0.2, 0.25) is 0 Å². The van der Waals surface area contributed by atoms with Gasteiger partial charge in [-0.15, -0.1) is 12.4 Å². The van der Waals surface area contributed by atoms with Crippen molar-refractivity contribution in [2.24, 2.45) is 5.92 Å². The Balaban J connectivity index is 0.000000980. The highest BCUT2D eigenvalue weighted by Crippen LogP contribution is 2.30. The lowest BCUT2D eigenvalue weighted by molar-refractivity contribution is 0.225. The van der Waals surface area contributed by atoms with E-state index in [-0.39, 0.29) is 18.4 Å². The SMILES string of the molecule is Cl.FC1CCNC1C1CCCCCC1. The van der Waals surface area contributed by atoms with Crippen LogP contribution in [0.25, 0.3) is 0 Å². The molecule has 14 heavy (non-hydrogen) atoms. The number of hydrogen-bond donors (Lipinski definition) is 1. The van der Waals surface area contributed by atoms with Gasteiger partial charge in [-0.3, -0.25) is 0 Å². The van der Waals surface area contributed by atoms with Crippen LogP contribution in [0.3, 0.4) is 0 Å². The van der Waals surface area contributed by atoms with Crippen LogP contribution in [-0.4, -0.2) is 18.8 Å². The van der Waals surface area contributed by atoms with Crippen LogP contribution in [0.4, 0.5) is 4.39 Å². The van der Waals surface area contributed by atoms with Gasteiger partial charge in [0.2, 0.25) is 0 Å². The van der Waals surface area contributed by atoms with Crippen molar-refractivity contribution < 1.29 is 4.39 Å². The van der Waals surface area contributed by atoms with Crippen LogP contribution in [0.5, 0.6) is 0 Å². The van der Waals surface area contributed by atoms with Gasteiger partial charge in [0, 0.05) is 6.04 Å². The van der Waals surface area contributed by atoms with Crippen molar-refractivity contribution in [1.82, 2.24) is 5.32 Å². The molecule has 0 aromatic heterocycles. The topological polar surface area (TPSA) is 12.0 Å². The first kappa shape index (κ1) is 12.3. The first-order valence-electron chi connectivity index (χ1n) is 5.75. The zero-order chi connectivity index (χ0) is 9.10. The van der Waals surface area contributed by atoms with Crippen LogP contribution in [0, 0.1) is 5.92 Å². The molecule has 0 bridgehead atoms. The van der Waals surface area contributed by atoms with Gasteiger partial charge in [-0.25, -0.2) is 4.39 Å². The van der Waals surface area contributed by atoms with E-state index in [1.165, 1.54) is 38.5 Å². The van der Waals surface area contributed by atoms with Crippen molar-refractivity contribution in [3.63, 3.8) is 0 Å². The minimum atomic E-state index is -0.567. The summed E-state index contributed by atoms with van der Waals surface area (Å²) in [6, 6.07) is 0.193. The van der Waals surface area contributed by atoms with Gasteiger partial charge in [-0.2, -0.15) is 0 Å². The lowest BCUT2D eigenvalue weighted by Crippen LogP contribution is -2.35. The van der Waals surface area contributed by atoms with Crippen LogP contribution in [0.15, 0.2) is 0 Å². The lowest BCUT2D eigenvalue weighted by atomic mass is 9.90. The van der Waals surface area contributed by atoms with Crippen molar-refractivity contribution in [1.29, 1.82) is 0 Å². The van der Waals surface area contributed by atoms with Crippen molar-refractivity contribution in [2.45, 2.75) is 57.2 Å². The van der Waals surface area contributed by atoms with E-state index in [4.69, 9.17) is 0 Å². The predicted octanol–water partition coefficient (Wildman–Crippen LogP) is 3.08. The average molecular weight is 222 g/mol. The standard InChI is InChI=1S/C11H20FN.ClH/c12-10-7-8-13-11(10)9-5-3-1-2-4-6-9;/h9-11,13H,1-8H2;1H. The highest BCUT2D eigenvalue weighted by Gasteiger charge is 2.33. The Morgan fingerprint density at radius 1 is 0.929 bits per heavy atom. The molecule has 2 fully saturated rings. The Bertz CT molecular complexity index is 157. The van der Waals surface area contributed by atoms with E-state index in [9.17, 15) is 4.39 Å². The maximum Gasteiger partial charge on any atom is 0.117 e. The summed E-state index contributed by atoms with van der Waals surface area (Å²) >= 11 is 0. The van der Waals surface area contributed by atoms with Gasteiger partial charge in [0.15, 0.2) is 0 Å². The largest absolute Gasteiger partial charge is 0.311 e. The summed E-state index contributed by atoms with van der Waals surface area (Å²) < 4.78 is 13.4. The number of rotatable bonds is 1. The molecule has 1 aliphatic heterocycles. The average Bonchev–Trinajstić information content (AvgIpc) is 2.43. The normalized spacial score (nSPS) is 34.9. The number of hydrogen-bond acceptors (Lipinski definition) is 1. The van der Waals surface area contributed by atoms with E-state index in [1.807, 2.05) is 0 Å². The van der Waals surface area contributed by atoms with Gasteiger partial charge in [-0.05, 0) is 31.7 Å². The van der Waals surface area contributed by atoms with Gasteiger partial charge in [0.1, 0.15) is 6.17 Å². The summed E-state index contributed by atoms with van der Waals surface area (Å²) in [7, 11) is 0. The Hall–Kier alpha value is 0.180. The minimum absolute atomic E-state index is 0. The Morgan fingerprint density at radius 2 is 1.57 bits per heavy atom. The second-order valence-corrected chi connectivity index (χ2v) is 4.54. The molecule has 84 valence electrons. The minimum Gasteiger partial charge on any atom is -0.311 e. The quantitative estimate of drug-likeness (QED) is 0.672. The molecule has 2 unspecified atom stereocenters. The zero-order valence-electron chi connectivity index (χ0n) is 8.68. The second-order valence-electron chi connectivity index (χ2n) is 4.54. The number of nitrogens with one attached hydrogen (secondary N) is 1. The summed E-state index contributed by atoms with van der Waals surface area (Å²) in [4.78, 5) is 0. The van der Waals surface area contributed by atoms with Gasteiger partial charge < -0.3 is 5.32 Å². The summed E-state index contributed by atoms with van der Waals surface area (Å²) in [5, 5.41) is 3.33. The molecular weight excluding hydrogens is 201 g/mol. The highest BCUT2D eigenvalue weighted by atomic mass is 35.5. The molecule has 1 saturated carbocycles. The molecule has 0 aromatic rings. The molecule has 0 spiro atoms. The fourth-order valence-corrected chi connectivity index (χ4v) is 2.83. The third kappa shape index (κ3) is 2.83. The van der Waals surface area contributed by atoms with Gasteiger partial charge >= 0.3 is 0 Å². The van der Waals surface area contributed by atoms with Crippen LogP contribution in [-0.2, 0) is 0 Å². The zero-order valence-corrected chi connectivity index (χ0v) is 9.49. The maximum absolute atomic E-state index is 13.4. The van der Waals surface area contributed by atoms with Gasteiger partial charge in [-0.1, -0.05) is 25.7 Å². The molecule has 3 heteroatoms. The van der Waals surface area contributed by atoms with Crippen molar-refractivity contribution >= 4 is 12.4 Å². The fourth-order valence-electron chi connectivity index (χ4n) is 2.83. The van der Waals surface area contributed by atoms with Gasteiger partial charge in [0.25, 0.3) is 0 Å². The van der Waals surface area contributed by atoms with E-state index in [0.717, 1.165) is 13.0 Å². The Morgan fingerprint density at radius 3 is 2.07 bits per heavy atom. The molecule has 1 N–H and O–H groups in total. The summed E-state index contributed by atoms with van der Waals surface area (Å²) in [5.41, 5.74) is 0. The van der Waals surface area contributed by atoms with Crippen LogP contribution >= 0.6 is 12.4 Å². The monoisotopic (exact) mass is 221 g/mol. The predicted molar refractivity (Wildman–Crippen MR) is 59.7 cm³/mol. The smallest absolute Gasteiger partial charge is 0.117 e. The van der Waals surface area contributed by atoms with E-state index < -0.39 is 6.17 Å². The summed E-state index contributed by atoms with van der Waals surface area (Å²) in [6.07, 6.45) is 8.02. The molecular formula is C11H21ClFN. The third-order valence-corrected chi connectivity index (χ3v) is 3.60. The molecule has 1 aliphatic carbocycles. The molecule has 0 amide bonds. The molecule has 1 saturated heterocycles. The number of alkyl halides is 1. The van der Waals surface area contributed by atoms with E-state index >= 15 is 0 Å². The summed E-state index contributed by atoms with van der Waals surface area (Å²) in [5.74, 6) is 0.625. The molecule has 1 heterocycles. The van der Waals surface area contributed by atoms with E-state index in [1.54, 1.807) is 0 Å². The van der Waals surface area contributed by atoms with Gasteiger partial charge in [0.05, 0.1) is 0 Å². The van der Waals surface area contributed by atoms with Crippen LogP contribution in [0.1, 0.15) is 44.9 Å². The Kier molecular flexibility index (Phi) is 5.18. The maximum atomic E-state index is 13.4. The van der Waals surface area contributed by atoms with E-state index in [2.05, 4.69) is 5.32 Å². The van der Waals surface area contributed by atoms with Crippen molar-refractivity contribution in [3.8, 4) is 0 Å².